The van der Waals surface area contributed by atoms with Crippen molar-refractivity contribution >= 4 is 75.3 Å². The highest BCUT2D eigenvalue weighted by atomic mass is 32.2. The average Bonchev–Trinajstić information content (AvgIpc) is 3.89. The first-order valence-electron chi connectivity index (χ1n) is 24.2. The predicted octanol–water partition coefficient (Wildman–Crippen LogP) is -2.57. The minimum Gasteiger partial charge on any atom is -0.508 e. The number of ketones is 2. The molecule has 72 heavy (non-hydrogen) atoms. The lowest BCUT2D eigenvalue weighted by atomic mass is 9.85. The number of hydrogen-bond donors (Lipinski definition) is 9. The van der Waals surface area contributed by atoms with Crippen LogP contribution in [0.25, 0.3) is 5.57 Å². The number of esters is 1. The molecular weight excluding hydrogens is 961 g/mol. The Bertz CT molecular complexity index is 2340. The summed E-state index contributed by atoms with van der Waals surface area (Å²) in [7, 11) is 1.42. The molecule has 396 valence electrons. The number of aromatic hydroxyl groups is 1. The summed E-state index contributed by atoms with van der Waals surface area (Å²) in [4.78, 5) is 142. The van der Waals surface area contributed by atoms with Crippen molar-refractivity contribution in [3.8, 4) is 5.75 Å². The fraction of sp³-hybridized carbons (Fsp3) is 0.625. The molecule has 1 unspecified atom stereocenters. The third kappa shape index (κ3) is 15.0. The fourth-order valence-electron chi connectivity index (χ4n) is 9.33. The minimum atomic E-state index is -2.23. The van der Waals surface area contributed by atoms with E-state index in [4.69, 9.17) is 10.5 Å². The van der Waals surface area contributed by atoms with Gasteiger partial charge in [0.25, 0.3) is 0 Å². The number of nitrogens with two attached hydrogens (primary N) is 1. The van der Waals surface area contributed by atoms with Crippen LogP contribution < -0.4 is 32.3 Å². The molecule has 3 aliphatic heterocycles. The van der Waals surface area contributed by atoms with Crippen molar-refractivity contribution in [2.75, 3.05) is 52.6 Å². The molecule has 3 heterocycles. The topological polar surface area (TPSA) is 350 Å². The number of benzene rings is 1. The molecule has 0 saturated carbocycles. The van der Waals surface area contributed by atoms with Crippen LogP contribution in [0.15, 0.2) is 23.1 Å². The number of aliphatic hydroxyl groups is 2. The molecule has 5 rings (SSSR count). The maximum Gasteiger partial charge on any atom is 0.305 e. The highest BCUT2D eigenvalue weighted by Gasteiger charge is 2.45. The van der Waals surface area contributed by atoms with Gasteiger partial charge in [-0.15, -0.1) is 0 Å². The second kappa shape index (κ2) is 25.5. The van der Waals surface area contributed by atoms with Crippen LogP contribution in [0.4, 0.5) is 0 Å². The monoisotopic (exact) mass is 1030 g/mol. The third-order valence-electron chi connectivity index (χ3n) is 13.6. The lowest BCUT2D eigenvalue weighted by molar-refractivity contribution is -0.149. The van der Waals surface area contributed by atoms with Gasteiger partial charge >= 0.3 is 5.97 Å². The van der Waals surface area contributed by atoms with Crippen molar-refractivity contribution < 1.29 is 72.2 Å². The Labute approximate surface area is 419 Å². The molecular formula is C48H68N8O15S. The lowest BCUT2D eigenvalue weighted by Gasteiger charge is -2.32. The number of carbonyl (C=O) groups is 10. The lowest BCUT2D eigenvalue weighted by Crippen LogP contribution is -2.56. The van der Waals surface area contributed by atoms with E-state index in [9.17, 15) is 67.5 Å². The first-order valence-corrected chi connectivity index (χ1v) is 25.5. The van der Waals surface area contributed by atoms with E-state index in [0.717, 1.165) is 4.90 Å². The van der Waals surface area contributed by atoms with Crippen LogP contribution >= 0.6 is 0 Å². The number of nitrogens with one attached hydrogen (secondary N) is 5. The van der Waals surface area contributed by atoms with Crippen LogP contribution in [0.5, 0.6) is 5.75 Å². The fourth-order valence-corrected chi connectivity index (χ4v) is 10.9. The third-order valence-corrected chi connectivity index (χ3v) is 15.2. The predicted molar refractivity (Wildman–Crippen MR) is 258 cm³/mol. The number of phenols is 1. The quantitative estimate of drug-likeness (QED) is 0.0972. The van der Waals surface area contributed by atoms with Gasteiger partial charge in [-0.3, -0.25) is 52.2 Å². The van der Waals surface area contributed by atoms with Crippen molar-refractivity contribution in [2.24, 2.45) is 29.4 Å². The molecule has 1 aliphatic carbocycles. The number of allylic oxidation sites excluding steroid dienone is 2. The average molecular weight is 1030 g/mol. The Hall–Kier alpha value is -6.11. The highest BCUT2D eigenvalue weighted by molar-refractivity contribution is 7.89. The SMILES string of the molecule is CC[C@H](C)[C@@H]1NC(=O)CNC(=O)[C@H]2CC(=O)[C@H]([C@@H](C)[C@@H](O)COC(=O)CCCN(C)C)NC(=O)[C@@H]3C[C@@H](O)CN3C(=O)[C@H](CC(N)=O)CC(=O)[C@H](CS(=O)C3=C(C2)c2ccc(O)cc2C3)NC(=O)CNC1=O. The number of hydrogen-bond acceptors (Lipinski definition) is 16. The largest absolute Gasteiger partial charge is 0.508 e. The first kappa shape index (κ1) is 56.8. The number of fused-ring (bicyclic) bond motifs is 5. The number of primary amides is 1. The maximum atomic E-state index is 14.9. The highest BCUT2D eigenvalue weighted by Crippen LogP contribution is 2.41. The minimum absolute atomic E-state index is 0.00948. The van der Waals surface area contributed by atoms with Gasteiger partial charge in [-0.2, -0.15) is 0 Å². The van der Waals surface area contributed by atoms with Crippen LogP contribution in [0, 0.1) is 23.7 Å². The second-order valence-corrected chi connectivity index (χ2v) is 20.9. The normalized spacial score (nSPS) is 27.6. The molecule has 1 fully saturated rings. The zero-order valence-corrected chi connectivity index (χ0v) is 42.0. The van der Waals surface area contributed by atoms with Crippen molar-refractivity contribution in [3.05, 3.63) is 34.2 Å². The van der Waals surface area contributed by atoms with Gasteiger partial charge in [0, 0.05) is 61.8 Å². The number of Topliss-reactive ketones (excluding diaryl/α,β-unsaturated/α-hetero) is 2. The first-order chi connectivity index (χ1) is 34.0. The van der Waals surface area contributed by atoms with E-state index < -0.39 is 181 Å². The van der Waals surface area contributed by atoms with Gasteiger partial charge in [0.15, 0.2) is 11.6 Å². The Balaban J connectivity index is 1.68. The summed E-state index contributed by atoms with van der Waals surface area (Å²) in [6.45, 7) is 2.87. The zero-order valence-electron chi connectivity index (χ0n) is 41.2. The smallest absolute Gasteiger partial charge is 0.305 e. The number of carbonyl (C=O) groups excluding carboxylic acids is 10. The summed E-state index contributed by atoms with van der Waals surface area (Å²) < 4.78 is 20.2. The standard InChI is InChI=1S/C48H68N8O15S/c1-6-24(2)43-47(68)51-19-40(63)52-33-23-72(70)38-16-26-12-29(57)9-10-31(26)32(38)13-27(45(66)50-20-41(64)53-43)14-36(60)44(25(3)37(61)22-71-42(65)8-7-11-55(4)5)54-46(67)34-18-30(58)21-56(34)48(69)28(15-35(33)59)17-39(49)62/h9-10,12,24-25,27-28,30,33-34,37,43-44,57-58,61H,6-8,11,13-23H2,1-5H3,(H2,49,62)(H,50,66)(H,51,68)(H,52,63)(H,53,64)(H,54,67)/t24-,25-,27+,28-,30+,33-,34-,37-,43-,44-,72?/m0/s1. The van der Waals surface area contributed by atoms with Gasteiger partial charge in [0.1, 0.15) is 24.4 Å². The van der Waals surface area contributed by atoms with Crippen molar-refractivity contribution in [1.29, 1.82) is 0 Å². The molecule has 0 radical (unpaired) electrons. The Morgan fingerprint density at radius 2 is 1.60 bits per heavy atom. The molecule has 0 aromatic heterocycles. The summed E-state index contributed by atoms with van der Waals surface area (Å²) in [6, 6.07) is -1.83. The second-order valence-electron chi connectivity index (χ2n) is 19.4. The van der Waals surface area contributed by atoms with E-state index in [1.54, 1.807) is 13.8 Å². The molecule has 1 saturated heterocycles. The number of nitrogens with zero attached hydrogens (tertiary/aromatic N) is 2. The number of rotatable bonds is 12. The zero-order chi connectivity index (χ0) is 53.1. The van der Waals surface area contributed by atoms with E-state index in [1.807, 2.05) is 19.0 Å². The van der Waals surface area contributed by atoms with E-state index in [2.05, 4.69) is 26.6 Å². The summed E-state index contributed by atoms with van der Waals surface area (Å²) in [5, 5.41) is 45.5. The number of amides is 7. The molecule has 10 N–H and O–H groups in total. The molecule has 7 amide bonds. The summed E-state index contributed by atoms with van der Waals surface area (Å²) in [6.07, 6.45) is -5.20. The Morgan fingerprint density at radius 3 is 2.26 bits per heavy atom. The van der Waals surface area contributed by atoms with E-state index in [0.29, 0.717) is 30.5 Å². The summed E-state index contributed by atoms with van der Waals surface area (Å²) in [5.74, 6) is -14.4. The Kier molecular flexibility index (Phi) is 20.1. The number of ether oxygens (including phenoxy) is 1. The maximum absolute atomic E-state index is 14.9. The van der Waals surface area contributed by atoms with Crippen molar-refractivity contribution in [3.63, 3.8) is 0 Å². The van der Waals surface area contributed by atoms with E-state index in [1.165, 1.54) is 25.1 Å². The van der Waals surface area contributed by atoms with Crippen LogP contribution in [-0.4, -0.2) is 177 Å². The molecule has 1 aromatic rings. The van der Waals surface area contributed by atoms with Gasteiger partial charge in [0.2, 0.25) is 41.4 Å². The van der Waals surface area contributed by atoms with Gasteiger partial charge in [0.05, 0.1) is 59.9 Å². The number of aliphatic hydroxyl groups excluding tert-OH is 2. The Morgan fingerprint density at radius 1 is 0.917 bits per heavy atom. The molecule has 24 heteroatoms. The van der Waals surface area contributed by atoms with Crippen LogP contribution in [0.2, 0.25) is 0 Å². The number of phenolic OH excluding ortho intramolecular Hbond substituents is 1. The van der Waals surface area contributed by atoms with Gasteiger partial charge in [-0.1, -0.05) is 33.3 Å². The van der Waals surface area contributed by atoms with Crippen LogP contribution in [0.3, 0.4) is 0 Å². The van der Waals surface area contributed by atoms with Crippen LogP contribution in [-0.2, 0) is 69.9 Å². The molecule has 23 nitrogen and oxygen atoms in total. The molecule has 4 aliphatic rings. The van der Waals surface area contributed by atoms with Gasteiger partial charge in [-0.05, 0) is 68.2 Å². The van der Waals surface area contributed by atoms with Gasteiger partial charge < -0.3 is 62.2 Å². The van der Waals surface area contributed by atoms with E-state index in [-0.39, 0.29) is 41.9 Å². The van der Waals surface area contributed by atoms with Gasteiger partial charge in [-0.25, -0.2) is 0 Å². The molecule has 0 spiro atoms. The molecule has 11 atom stereocenters. The molecule has 1 aromatic carbocycles. The van der Waals surface area contributed by atoms with Crippen molar-refractivity contribution in [1.82, 2.24) is 36.4 Å². The molecule has 2 bridgehead atoms. The van der Waals surface area contributed by atoms with Crippen LogP contribution in [0.1, 0.15) is 83.3 Å². The summed E-state index contributed by atoms with van der Waals surface area (Å²) in [5.41, 5.74) is 6.72. The summed E-state index contributed by atoms with van der Waals surface area (Å²) >= 11 is 0. The van der Waals surface area contributed by atoms with E-state index >= 15 is 0 Å². The van der Waals surface area contributed by atoms with Crippen molar-refractivity contribution in [2.45, 2.75) is 115 Å².